The average molecular weight is 542 g/mol. The predicted molar refractivity (Wildman–Crippen MR) is 137 cm³/mol. The molecule has 0 aliphatic heterocycles. The molecular formula is C27H31N3O9. The van der Waals surface area contributed by atoms with Crippen LogP contribution in [-0.4, -0.2) is 102 Å². The third-order valence-electron chi connectivity index (χ3n) is 8.04. The number of fused-ring (bicyclic) bond motifs is 3. The second-order valence-corrected chi connectivity index (χ2v) is 10.6. The number of phenolic OH excluding ortho intramolecular Hbond substituents is 1. The van der Waals surface area contributed by atoms with Gasteiger partial charge in [-0.3, -0.25) is 14.4 Å². The molecule has 12 heteroatoms. The number of hydrogen-bond acceptors (Lipinski definition) is 11. The zero-order chi connectivity index (χ0) is 29.1. The van der Waals surface area contributed by atoms with Crippen LogP contribution in [0.4, 0.5) is 5.69 Å². The van der Waals surface area contributed by atoms with Crippen molar-refractivity contribution in [2.45, 2.75) is 30.6 Å². The molecule has 0 aromatic heterocycles. The Bertz CT molecular complexity index is 1390. The van der Waals surface area contributed by atoms with Crippen molar-refractivity contribution in [1.82, 2.24) is 4.90 Å². The minimum absolute atomic E-state index is 0.00965. The lowest BCUT2D eigenvalue weighted by Crippen LogP contribution is -2.71. The van der Waals surface area contributed by atoms with Crippen molar-refractivity contribution in [2.75, 3.05) is 40.2 Å². The van der Waals surface area contributed by atoms with Crippen LogP contribution >= 0.6 is 0 Å². The number of ketones is 2. The maximum absolute atomic E-state index is 13.9. The number of aliphatic hydroxyl groups is 3. The molecule has 0 radical (unpaired) electrons. The molecule has 1 aromatic carbocycles. The molecule has 4 rings (SSSR count). The van der Waals surface area contributed by atoms with Gasteiger partial charge in [-0.15, -0.1) is 0 Å². The van der Waals surface area contributed by atoms with Gasteiger partial charge in [0.15, 0.2) is 17.2 Å². The summed E-state index contributed by atoms with van der Waals surface area (Å²) in [4.78, 5) is 54.3. The van der Waals surface area contributed by atoms with Gasteiger partial charge >= 0.3 is 5.97 Å². The molecule has 39 heavy (non-hydrogen) atoms. The molecule has 0 saturated heterocycles. The zero-order valence-corrected chi connectivity index (χ0v) is 22.2. The Hall–Kier alpha value is -3.92. The number of phenols is 1. The normalized spacial score (nSPS) is 29.6. The molecule has 2 unspecified atom stereocenters. The first-order valence-corrected chi connectivity index (χ1v) is 12.2. The van der Waals surface area contributed by atoms with Crippen LogP contribution in [0.5, 0.6) is 5.75 Å². The minimum Gasteiger partial charge on any atom is -0.508 e. The van der Waals surface area contributed by atoms with Crippen LogP contribution < -0.4 is 10.6 Å². The molecule has 208 valence electrons. The van der Waals surface area contributed by atoms with E-state index in [0.29, 0.717) is 11.3 Å². The summed E-state index contributed by atoms with van der Waals surface area (Å²) in [7, 11) is 7.78. The second-order valence-electron chi connectivity index (χ2n) is 10.6. The molecule has 12 nitrogen and oxygen atoms in total. The van der Waals surface area contributed by atoms with Crippen molar-refractivity contribution >= 4 is 29.1 Å². The topological polar surface area (TPSA) is 191 Å². The highest BCUT2D eigenvalue weighted by Gasteiger charge is 2.66. The van der Waals surface area contributed by atoms with E-state index >= 15 is 0 Å². The molecule has 0 spiro atoms. The van der Waals surface area contributed by atoms with Gasteiger partial charge in [0.05, 0.1) is 24.3 Å². The van der Waals surface area contributed by atoms with Crippen molar-refractivity contribution < 1.29 is 44.3 Å². The van der Waals surface area contributed by atoms with Crippen LogP contribution in [0.25, 0.3) is 0 Å². The fourth-order valence-electron chi connectivity index (χ4n) is 6.32. The molecule has 1 saturated carbocycles. The molecule has 3 aliphatic rings. The first-order chi connectivity index (χ1) is 18.2. The van der Waals surface area contributed by atoms with Crippen molar-refractivity contribution in [3.05, 3.63) is 34.1 Å². The molecule has 1 aromatic rings. The zero-order valence-electron chi connectivity index (χ0n) is 22.2. The summed E-state index contributed by atoms with van der Waals surface area (Å²) in [5.74, 6) is -4.39. The number of carbonyl (C=O) groups is 4. The number of anilines is 1. The van der Waals surface area contributed by atoms with E-state index in [1.54, 1.807) is 38.0 Å². The molecule has 0 heterocycles. The number of ether oxygens (including phenoxy) is 1. The summed E-state index contributed by atoms with van der Waals surface area (Å²) in [6, 6.07) is 0.571. The number of aromatic hydroxyl groups is 1. The monoisotopic (exact) mass is 541 g/mol. The fraction of sp³-hybridized carbons (Fsp3) is 0.481. The van der Waals surface area contributed by atoms with Crippen molar-refractivity contribution in [2.24, 2.45) is 23.5 Å². The lowest BCUT2D eigenvalue weighted by atomic mass is 9.56. The number of Topliss-reactive ketones (excluding diaryl/α,β-unsaturated/α-hetero) is 2. The highest BCUT2D eigenvalue weighted by atomic mass is 16.5. The Labute approximate surface area is 224 Å². The summed E-state index contributed by atoms with van der Waals surface area (Å²) in [6.45, 7) is 0. The summed E-state index contributed by atoms with van der Waals surface area (Å²) < 4.78 is 4.51. The number of amides is 1. The van der Waals surface area contributed by atoms with Crippen LogP contribution in [0.3, 0.4) is 0 Å². The summed E-state index contributed by atoms with van der Waals surface area (Å²) >= 11 is 0. The van der Waals surface area contributed by atoms with Crippen molar-refractivity contribution in [1.29, 1.82) is 0 Å². The van der Waals surface area contributed by atoms with Gasteiger partial charge in [-0.05, 0) is 44.5 Å². The number of aliphatic hydroxyl groups excluding tert-OH is 2. The molecule has 0 bridgehead atoms. The largest absolute Gasteiger partial charge is 0.508 e. The Morgan fingerprint density at radius 1 is 1.18 bits per heavy atom. The van der Waals surface area contributed by atoms with Gasteiger partial charge in [-0.2, -0.15) is 0 Å². The van der Waals surface area contributed by atoms with E-state index in [1.165, 1.54) is 6.07 Å². The number of hydrogen-bond donors (Lipinski definition) is 5. The van der Waals surface area contributed by atoms with Crippen LogP contribution in [0, 0.1) is 29.6 Å². The maximum Gasteiger partial charge on any atom is 0.384 e. The SMILES string of the molecule is COC(=O)C#Cc1cc(N(C)C)c2c(c1O)C(=O)C1=C(O)[C@]3(O)C(=O)C(C(N)=O)C(O)[C@@H](N(C)C)[C@@H]3C[C@@H]1C2. The van der Waals surface area contributed by atoms with Gasteiger partial charge in [0.25, 0.3) is 0 Å². The van der Waals surface area contributed by atoms with Crippen molar-refractivity contribution in [3.8, 4) is 17.6 Å². The number of rotatable bonds is 3. The van der Waals surface area contributed by atoms with E-state index < -0.39 is 70.5 Å². The van der Waals surface area contributed by atoms with E-state index in [1.807, 2.05) is 0 Å². The van der Waals surface area contributed by atoms with Gasteiger partial charge in [0, 0.05) is 43.2 Å². The number of nitrogens with two attached hydrogens (primary N) is 1. The van der Waals surface area contributed by atoms with E-state index in [2.05, 4.69) is 16.6 Å². The van der Waals surface area contributed by atoms with Crippen molar-refractivity contribution in [3.63, 3.8) is 0 Å². The standard InChI is InChI=1S/C27H31N3O9/c1-29(2)15-10-11(6-7-16(31)39-5)21(32)18-13(15)8-12-9-14-20(30(3)4)23(34)19(26(28)37)25(36)27(14,38)24(35)17(12)22(18)33/h10,12,14,19-20,23,32,34-35,38H,8-9H2,1-5H3,(H2,28,37)/t12-,14-,19?,20-,23?,27-/m0/s1. The van der Waals surface area contributed by atoms with Gasteiger partial charge < -0.3 is 40.7 Å². The molecule has 1 fully saturated rings. The highest BCUT2D eigenvalue weighted by molar-refractivity contribution is 6.16. The predicted octanol–water partition coefficient (Wildman–Crippen LogP) is -1.12. The van der Waals surface area contributed by atoms with E-state index in [4.69, 9.17) is 5.73 Å². The Balaban J connectivity index is 1.96. The Morgan fingerprint density at radius 2 is 1.82 bits per heavy atom. The van der Waals surface area contributed by atoms with Crippen LogP contribution in [0.2, 0.25) is 0 Å². The number of methoxy groups -OCH3 is 1. The summed E-state index contributed by atoms with van der Waals surface area (Å²) in [5, 5.41) is 45.2. The van der Waals surface area contributed by atoms with E-state index in [-0.39, 0.29) is 29.5 Å². The van der Waals surface area contributed by atoms with E-state index in [0.717, 1.165) is 7.11 Å². The number of esters is 1. The Kier molecular flexibility index (Phi) is 6.97. The van der Waals surface area contributed by atoms with Gasteiger partial charge in [0.2, 0.25) is 5.91 Å². The quantitative estimate of drug-likeness (QED) is 0.177. The highest BCUT2D eigenvalue weighted by Crippen LogP contribution is 2.53. The fourth-order valence-corrected chi connectivity index (χ4v) is 6.32. The third kappa shape index (κ3) is 4.05. The lowest BCUT2D eigenvalue weighted by molar-refractivity contribution is -0.178. The smallest absolute Gasteiger partial charge is 0.384 e. The minimum atomic E-state index is -2.67. The number of benzene rings is 1. The van der Waals surface area contributed by atoms with Crippen LogP contribution in [-0.2, 0) is 25.5 Å². The number of nitrogens with zero attached hydrogens (tertiary/aromatic N) is 2. The average Bonchev–Trinajstić information content (AvgIpc) is 2.84. The molecule has 3 aliphatic carbocycles. The molecule has 1 amide bonds. The lowest BCUT2D eigenvalue weighted by Gasteiger charge is -2.53. The van der Waals surface area contributed by atoms with E-state index in [9.17, 15) is 39.6 Å². The summed E-state index contributed by atoms with van der Waals surface area (Å²) in [6.07, 6.45) is -1.40. The van der Waals surface area contributed by atoms with Gasteiger partial charge in [-0.25, -0.2) is 4.79 Å². The number of allylic oxidation sites excluding steroid dienone is 1. The third-order valence-corrected chi connectivity index (χ3v) is 8.04. The first-order valence-electron chi connectivity index (χ1n) is 12.2. The Morgan fingerprint density at radius 3 is 2.36 bits per heavy atom. The maximum atomic E-state index is 13.9. The van der Waals surface area contributed by atoms with Gasteiger partial charge in [0.1, 0.15) is 17.4 Å². The van der Waals surface area contributed by atoms with Gasteiger partial charge in [-0.1, -0.05) is 5.92 Å². The number of likely N-dealkylation sites (N-methyl/N-ethyl adjacent to an activating group) is 1. The number of primary amides is 1. The first kappa shape index (κ1) is 28.1. The van der Waals surface area contributed by atoms with Crippen LogP contribution in [0.1, 0.15) is 27.9 Å². The number of carbonyl (C=O) groups excluding carboxylic acids is 4. The molecule has 6 N–H and O–H groups in total. The molecular weight excluding hydrogens is 510 g/mol. The second kappa shape index (κ2) is 9.68. The molecule has 6 atom stereocenters. The van der Waals surface area contributed by atoms with Crippen LogP contribution in [0.15, 0.2) is 17.4 Å². The summed E-state index contributed by atoms with van der Waals surface area (Å²) in [5.41, 5.74) is 3.22.